The molecule has 0 bridgehead atoms. The molecule has 0 aliphatic heterocycles. The largest absolute Gasteiger partial charge is 0.385 e. The van der Waals surface area contributed by atoms with Crippen LogP contribution < -0.4 is 5.32 Å². The van der Waals surface area contributed by atoms with E-state index in [1.807, 2.05) is 0 Å². The van der Waals surface area contributed by atoms with Crippen molar-refractivity contribution in [3.8, 4) is 0 Å². The Hall–Kier alpha value is -1.84. The maximum Gasteiger partial charge on any atom is 0.153 e. The summed E-state index contributed by atoms with van der Waals surface area (Å²) in [6, 6.07) is 8.46. The number of H-pyrrole nitrogens is 1. The normalized spacial score (nSPS) is 15.7. The van der Waals surface area contributed by atoms with Gasteiger partial charge < -0.3 is 5.32 Å². The summed E-state index contributed by atoms with van der Waals surface area (Å²) in [6.45, 7) is 2.98. The second kappa shape index (κ2) is 6.07. The second-order valence-electron chi connectivity index (χ2n) is 5.66. The van der Waals surface area contributed by atoms with Crippen LogP contribution in [-0.2, 0) is 6.42 Å². The zero-order chi connectivity index (χ0) is 13.8. The zero-order valence-electron chi connectivity index (χ0n) is 12.0. The van der Waals surface area contributed by atoms with E-state index in [9.17, 15) is 0 Å². The summed E-state index contributed by atoms with van der Waals surface area (Å²) < 4.78 is 0. The Kier molecular flexibility index (Phi) is 4.00. The number of aromatic amines is 1. The van der Waals surface area contributed by atoms with Crippen molar-refractivity contribution in [1.82, 2.24) is 15.2 Å². The number of rotatable bonds is 5. The molecule has 0 atom stereocenters. The molecule has 1 aliphatic rings. The predicted octanol–water partition coefficient (Wildman–Crippen LogP) is 3.43. The molecule has 2 aromatic rings. The highest BCUT2D eigenvalue weighted by Crippen LogP contribution is 2.31. The van der Waals surface area contributed by atoms with E-state index in [0.29, 0.717) is 5.92 Å². The lowest BCUT2D eigenvalue weighted by atomic mass is 10.1. The molecule has 3 rings (SSSR count). The first-order valence-electron chi connectivity index (χ1n) is 7.53. The molecule has 106 valence electrons. The van der Waals surface area contributed by atoms with Crippen molar-refractivity contribution in [2.24, 2.45) is 0 Å². The molecule has 0 radical (unpaired) electrons. The highest BCUT2D eigenvalue weighted by molar-refractivity contribution is 5.44. The van der Waals surface area contributed by atoms with Gasteiger partial charge in [0.25, 0.3) is 0 Å². The van der Waals surface area contributed by atoms with Gasteiger partial charge in [0.1, 0.15) is 5.82 Å². The van der Waals surface area contributed by atoms with Crippen LogP contribution in [0.4, 0.5) is 5.69 Å². The Morgan fingerprint density at radius 1 is 1.20 bits per heavy atom. The van der Waals surface area contributed by atoms with E-state index in [2.05, 4.69) is 51.7 Å². The lowest BCUT2D eigenvalue weighted by Gasteiger charge is -2.05. The third-order valence-corrected chi connectivity index (χ3v) is 4.01. The first-order chi connectivity index (χ1) is 9.81. The average Bonchev–Trinajstić information content (AvgIpc) is 3.11. The van der Waals surface area contributed by atoms with Crippen molar-refractivity contribution in [2.45, 2.75) is 44.9 Å². The Bertz CT molecular complexity index is 538. The van der Waals surface area contributed by atoms with Crippen LogP contribution in [0.1, 0.15) is 48.8 Å². The minimum Gasteiger partial charge on any atom is -0.385 e. The molecule has 0 spiro atoms. The van der Waals surface area contributed by atoms with Gasteiger partial charge in [-0.3, -0.25) is 5.10 Å². The van der Waals surface area contributed by atoms with Crippen molar-refractivity contribution in [3.05, 3.63) is 41.5 Å². The molecule has 1 aromatic heterocycles. The molecule has 20 heavy (non-hydrogen) atoms. The molecular weight excluding hydrogens is 248 g/mol. The van der Waals surface area contributed by atoms with Gasteiger partial charge in [0.2, 0.25) is 0 Å². The second-order valence-corrected chi connectivity index (χ2v) is 5.66. The molecule has 4 heteroatoms. The summed E-state index contributed by atoms with van der Waals surface area (Å²) in [4.78, 5) is 4.63. The van der Waals surface area contributed by atoms with Gasteiger partial charge in [-0.1, -0.05) is 30.5 Å². The third-order valence-electron chi connectivity index (χ3n) is 4.01. The molecule has 0 saturated heterocycles. The van der Waals surface area contributed by atoms with Gasteiger partial charge in [0, 0.05) is 24.6 Å². The Labute approximate surface area is 120 Å². The van der Waals surface area contributed by atoms with Gasteiger partial charge in [0.15, 0.2) is 5.82 Å². The van der Waals surface area contributed by atoms with Crippen LogP contribution >= 0.6 is 0 Å². The predicted molar refractivity (Wildman–Crippen MR) is 81.0 cm³/mol. The zero-order valence-corrected chi connectivity index (χ0v) is 12.0. The molecular formula is C16H22N4. The average molecular weight is 270 g/mol. The minimum atomic E-state index is 0.588. The van der Waals surface area contributed by atoms with Crippen LogP contribution in [0, 0.1) is 6.92 Å². The van der Waals surface area contributed by atoms with Gasteiger partial charge in [-0.2, -0.15) is 5.10 Å². The van der Waals surface area contributed by atoms with E-state index in [4.69, 9.17) is 0 Å². The molecule has 2 N–H and O–H groups in total. The van der Waals surface area contributed by atoms with Gasteiger partial charge in [-0.05, 0) is 31.9 Å². The first-order valence-corrected chi connectivity index (χ1v) is 7.53. The fourth-order valence-electron chi connectivity index (χ4n) is 2.79. The van der Waals surface area contributed by atoms with Crippen molar-refractivity contribution >= 4 is 5.69 Å². The Balaban J connectivity index is 1.49. The molecule has 1 aromatic carbocycles. The van der Waals surface area contributed by atoms with Crippen LogP contribution in [0.5, 0.6) is 0 Å². The number of benzene rings is 1. The molecule has 4 nitrogen and oxygen atoms in total. The van der Waals surface area contributed by atoms with Crippen LogP contribution in [0.15, 0.2) is 24.3 Å². The van der Waals surface area contributed by atoms with Crippen LogP contribution in [-0.4, -0.2) is 21.7 Å². The summed E-state index contributed by atoms with van der Waals surface area (Å²) in [5.41, 5.74) is 2.44. The number of nitrogens with one attached hydrogen (secondary N) is 2. The molecule has 1 aliphatic carbocycles. The summed E-state index contributed by atoms with van der Waals surface area (Å²) in [5, 5.41) is 10.9. The van der Waals surface area contributed by atoms with Gasteiger partial charge in [-0.25, -0.2) is 4.98 Å². The van der Waals surface area contributed by atoms with Gasteiger partial charge in [0.05, 0.1) is 0 Å². The highest BCUT2D eigenvalue weighted by Gasteiger charge is 2.20. The van der Waals surface area contributed by atoms with Crippen molar-refractivity contribution in [1.29, 1.82) is 0 Å². The van der Waals surface area contributed by atoms with Crippen LogP contribution in [0.2, 0.25) is 0 Å². The topological polar surface area (TPSA) is 53.6 Å². The van der Waals surface area contributed by atoms with E-state index >= 15 is 0 Å². The maximum atomic E-state index is 4.63. The number of hydrogen-bond donors (Lipinski definition) is 2. The van der Waals surface area contributed by atoms with Crippen molar-refractivity contribution < 1.29 is 0 Å². The number of aromatic nitrogens is 3. The number of aryl methyl sites for hydroxylation is 1. The van der Waals surface area contributed by atoms with E-state index < -0.39 is 0 Å². The molecule has 0 amide bonds. The fraction of sp³-hybridized carbons (Fsp3) is 0.500. The molecule has 1 saturated carbocycles. The molecule has 1 heterocycles. The quantitative estimate of drug-likeness (QED) is 0.875. The Morgan fingerprint density at radius 3 is 2.70 bits per heavy atom. The molecule has 0 unspecified atom stereocenters. The number of nitrogens with zero attached hydrogens (tertiary/aromatic N) is 2. The summed E-state index contributed by atoms with van der Waals surface area (Å²) in [6.07, 6.45) is 6.03. The monoisotopic (exact) mass is 270 g/mol. The summed E-state index contributed by atoms with van der Waals surface area (Å²) in [7, 11) is 0. The van der Waals surface area contributed by atoms with E-state index in [-0.39, 0.29) is 0 Å². The van der Waals surface area contributed by atoms with Crippen LogP contribution in [0.25, 0.3) is 0 Å². The smallest absolute Gasteiger partial charge is 0.153 e. The minimum absolute atomic E-state index is 0.588. The van der Waals surface area contributed by atoms with E-state index in [1.165, 1.54) is 31.2 Å². The number of hydrogen-bond acceptors (Lipinski definition) is 3. The lowest BCUT2D eigenvalue weighted by Crippen LogP contribution is -2.06. The van der Waals surface area contributed by atoms with Crippen molar-refractivity contribution in [3.63, 3.8) is 0 Å². The van der Waals surface area contributed by atoms with E-state index in [1.54, 1.807) is 0 Å². The first kappa shape index (κ1) is 13.2. The molecule has 1 fully saturated rings. The lowest BCUT2D eigenvalue weighted by molar-refractivity contribution is 0.671. The van der Waals surface area contributed by atoms with E-state index in [0.717, 1.165) is 30.3 Å². The van der Waals surface area contributed by atoms with Gasteiger partial charge in [-0.15, -0.1) is 0 Å². The van der Waals surface area contributed by atoms with Crippen molar-refractivity contribution in [2.75, 3.05) is 11.9 Å². The fourth-order valence-corrected chi connectivity index (χ4v) is 2.79. The Morgan fingerprint density at radius 2 is 1.95 bits per heavy atom. The standard InChI is InChI=1S/C16H22N4/c1-12-6-8-14(9-7-12)17-11-10-15-18-16(20-19-15)13-4-2-3-5-13/h6-9,13,17H,2-5,10-11H2,1H3,(H,18,19,20). The SMILES string of the molecule is Cc1ccc(NCCc2nc(C3CCCC3)n[nH]2)cc1. The summed E-state index contributed by atoms with van der Waals surface area (Å²) in [5.74, 6) is 2.60. The highest BCUT2D eigenvalue weighted by atomic mass is 15.2. The van der Waals surface area contributed by atoms with Crippen LogP contribution in [0.3, 0.4) is 0 Å². The third kappa shape index (κ3) is 3.18. The summed E-state index contributed by atoms with van der Waals surface area (Å²) >= 11 is 0. The van der Waals surface area contributed by atoms with Gasteiger partial charge >= 0.3 is 0 Å². The number of anilines is 1. The maximum absolute atomic E-state index is 4.63.